The van der Waals surface area contributed by atoms with Gasteiger partial charge in [0.15, 0.2) is 0 Å². The van der Waals surface area contributed by atoms with E-state index < -0.39 is 0 Å². The van der Waals surface area contributed by atoms with Crippen LogP contribution in [0.15, 0.2) is 0 Å². The minimum absolute atomic E-state index is 0.517. The number of hydrogen-bond acceptors (Lipinski definition) is 4. The minimum atomic E-state index is 0.517. The first-order valence-corrected chi connectivity index (χ1v) is 6.20. The van der Waals surface area contributed by atoms with Gasteiger partial charge in [-0.2, -0.15) is 0 Å². The van der Waals surface area contributed by atoms with Crippen LogP contribution >= 0.6 is 0 Å². The molecule has 0 aromatic carbocycles. The maximum Gasteiger partial charge on any atom is 0.0700 e. The zero-order chi connectivity index (χ0) is 11.6. The van der Waals surface area contributed by atoms with E-state index in [2.05, 4.69) is 5.32 Å². The summed E-state index contributed by atoms with van der Waals surface area (Å²) < 4.78 is 15.9. The zero-order valence-electron chi connectivity index (χ0n) is 10.5. The van der Waals surface area contributed by atoms with E-state index in [9.17, 15) is 0 Å². The van der Waals surface area contributed by atoms with Crippen molar-refractivity contribution in [3.05, 3.63) is 0 Å². The van der Waals surface area contributed by atoms with Crippen LogP contribution < -0.4 is 5.32 Å². The second-order valence-corrected chi connectivity index (χ2v) is 4.27. The van der Waals surface area contributed by atoms with Gasteiger partial charge in [-0.15, -0.1) is 0 Å². The van der Waals surface area contributed by atoms with E-state index in [-0.39, 0.29) is 0 Å². The second kappa shape index (κ2) is 8.93. The van der Waals surface area contributed by atoms with Crippen LogP contribution in [-0.2, 0) is 14.2 Å². The Morgan fingerprint density at radius 2 is 2.25 bits per heavy atom. The Kier molecular flexibility index (Phi) is 7.76. The van der Waals surface area contributed by atoms with Crippen LogP contribution in [0, 0.1) is 5.92 Å². The molecule has 0 radical (unpaired) electrons. The van der Waals surface area contributed by atoms with Crippen LogP contribution in [-0.4, -0.2) is 53.2 Å². The lowest BCUT2D eigenvalue weighted by atomic mass is 9.92. The molecule has 0 aliphatic carbocycles. The lowest BCUT2D eigenvalue weighted by Gasteiger charge is -2.30. The monoisotopic (exact) mass is 231 g/mol. The van der Waals surface area contributed by atoms with Crippen molar-refractivity contribution >= 4 is 0 Å². The van der Waals surface area contributed by atoms with E-state index >= 15 is 0 Å². The van der Waals surface area contributed by atoms with E-state index in [1.165, 1.54) is 12.8 Å². The maximum atomic E-state index is 5.51. The molecule has 0 bridgehead atoms. The van der Waals surface area contributed by atoms with Crippen LogP contribution in [0.5, 0.6) is 0 Å². The first kappa shape index (κ1) is 13.9. The lowest BCUT2D eigenvalue weighted by molar-refractivity contribution is 0.0267. The van der Waals surface area contributed by atoms with Crippen molar-refractivity contribution in [2.45, 2.75) is 25.3 Å². The van der Waals surface area contributed by atoms with Gasteiger partial charge < -0.3 is 19.5 Å². The van der Waals surface area contributed by atoms with Crippen molar-refractivity contribution in [2.24, 2.45) is 5.92 Å². The molecule has 0 aromatic heterocycles. The molecule has 0 aromatic rings. The summed E-state index contributed by atoms with van der Waals surface area (Å²) in [5.74, 6) is 0.643. The van der Waals surface area contributed by atoms with E-state index in [4.69, 9.17) is 14.2 Å². The van der Waals surface area contributed by atoms with Gasteiger partial charge in [-0.25, -0.2) is 0 Å². The van der Waals surface area contributed by atoms with Gasteiger partial charge in [0, 0.05) is 26.4 Å². The van der Waals surface area contributed by atoms with Gasteiger partial charge in [0.25, 0.3) is 0 Å². The Morgan fingerprint density at radius 1 is 1.38 bits per heavy atom. The van der Waals surface area contributed by atoms with Gasteiger partial charge in [0.2, 0.25) is 0 Å². The maximum absolute atomic E-state index is 5.51. The van der Waals surface area contributed by atoms with Gasteiger partial charge in [-0.05, 0) is 32.2 Å². The minimum Gasteiger partial charge on any atom is -0.382 e. The smallest absolute Gasteiger partial charge is 0.0700 e. The molecule has 1 heterocycles. The van der Waals surface area contributed by atoms with Crippen LogP contribution in [0.3, 0.4) is 0 Å². The first-order valence-electron chi connectivity index (χ1n) is 6.20. The Balaban J connectivity index is 2.10. The van der Waals surface area contributed by atoms with Crippen LogP contribution in [0.1, 0.15) is 19.3 Å². The normalized spacial score (nSPS) is 23.2. The van der Waals surface area contributed by atoms with Crippen molar-refractivity contribution in [2.75, 3.05) is 47.2 Å². The summed E-state index contributed by atoms with van der Waals surface area (Å²) in [5.41, 5.74) is 0. The Hall–Kier alpha value is -0.160. The lowest BCUT2D eigenvalue weighted by Crippen LogP contribution is -2.39. The van der Waals surface area contributed by atoms with Crippen molar-refractivity contribution < 1.29 is 14.2 Å². The largest absolute Gasteiger partial charge is 0.382 e. The SMILES string of the molecule is CNC(CCOCCOC)C1CCCOC1. The Labute approximate surface area is 98.6 Å². The highest BCUT2D eigenvalue weighted by atomic mass is 16.5. The van der Waals surface area contributed by atoms with Crippen LogP contribution in [0.25, 0.3) is 0 Å². The standard InChI is InChI=1S/C12H25NO3/c1-13-12(5-7-15-9-8-14-2)11-4-3-6-16-10-11/h11-13H,3-10H2,1-2H3. The van der Waals surface area contributed by atoms with Gasteiger partial charge in [-0.1, -0.05) is 0 Å². The number of ether oxygens (including phenoxy) is 3. The van der Waals surface area contributed by atoms with Crippen molar-refractivity contribution in [3.8, 4) is 0 Å². The number of methoxy groups -OCH3 is 1. The second-order valence-electron chi connectivity index (χ2n) is 4.27. The topological polar surface area (TPSA) is 39.7 Å². The van der Waals surface area contributed by atoms with Crippen LogP contribution in [0.4, 0.5) is 0 Å². The summed E-state index contributed by atoms with van der Waals surface area (Å²) in [6, 6.07) is 0.517. The van der Waals surface area contributed by atoms with Gasteiger partial charge in [-0.3, -0.25) is 0 Å². The molecular formula is C12H25NO3. The predicted molar refractivity (Wildman–Crippen MR) is 63.7 cm³/mol. The molecule has 1 saturated heterocycles. The first-order chi connectivity index (χ1) is 7.88. The molecule has 1 aliphatic rings. The summed E-state index contributed by atoms with van der Waals surface area (Å²) in [6.07, 6.45) is 3.51. The fourth-order valence-electron chi connectivity index (χ4n) is 2.15. The Morgan fingerprint density at radius 3 is 2.88 bits per heavy atom. The highest BCUT2D eigenvalue weighted by molar-refractivity contribution is 4.77. The van der Waals surface area contributed by atoms with Gasteiger partial charge in [0.05, 0.1) is 19.8 Å². The van der Waals surface area contributed by atoms with E-state index in [1.54, 1.807) is 7.11 Å². The number of nitrogens with one attached hydrogen (secondary N) is 1. The third kappa shape index (κ3) is 5.25. The zero-order valence-corrected chi connectivity index (χ0v) is 10.5. The number of rotatable bonds is 8. The van der Waals surface area contributed by atoms with Crippen molar-refractivity contribution in [1.29, 1.82) is 0 Å². The average Bonchev–Trinajstić information content (AvgIpc) is 2.35. The molecule has 4 nitrogen and oxygen atoms in total. The fourth-order valence-corrected chi connectivity index (χ4v) is 2.15. The summed E-state index contributed by atoms with van der Waals surface area (Å²) in [5, 5.41) is 3.37. The number of hydrogen-bond donors (Lipinski definition) is 1. The summed E-state index contributed by atoms with van der Waals surface area (Å²) >= 11 is 0. The van der Waals surface area contributed by atoms with E-state index in [0.717, 1.165) is 26.2 Å². The molecular weight excluding hydrogens is 206 g/mol. The summed E-state index contributed by atoms with van der Waals surface area (Å²) in [4.78, 5) is 0. The summed E-state index contributed by atoms with van der Waals surface area (Å²) in [7, 11) is 3.72. The molecule has 1 rings (SSSR count). The molecule has 0 spiro atoms. The highest BCUT2D eigenvalue weighted by Crippen LogP contribution is 2.19. The molecule has 0 saturated carbocycles. The molecule has 96 valence electrons. The molecule has 1 N–H and O–H groups in total. The van der Waals surface area contributed by atoms with E-state index in [1.807, 2.05) is 7.05 Å². The summed E-state index contributed by atoms with van der Waals surface area (Å²) in [6.45, 7) is 3.98. The highest BCUT2D eigenvalue weighted by Gasteiger charge is 2.22. The molecule has 2 unspecified atom stereocenters. The molecule has 2 atom stereocenters. The molecule has 4 heteroatoms. The van der Waals surface area contributed by atoms with Gasteiger partial charge >= 0.3 is 0 Å². The molecule has 1 fully saturated rings. The van der Waals surface area contributed by atoms with E-state index in [0.29, 0.717) is 25.2 Å². The molecule has 0 amide bonds. The third-order valence-electron chi connectivity index (χ3n) is 3.14. The van der Waals surface area contributed by atoms with Crippen molar-refractivity contribution in [1.82, 2.24) is 5.32 Å². The van der Waals surface area contributed by atoms with Crippen LogP contribution in [0.2, 0.25) is 0 Å². The fraction of sp³-hybridized carbons (Fsp3) is 1.00. The molecule has 16 heavy (non-hydrogen) atoms. The average molecular weight is 231 g/mol. The molecule has 1 aliphatic heterocycles. The Bertz CT molecular complexity index is 160. The quantitative estimate of drug-likeness (QED) is 0.634. The predicted octanol–water partition coefficient (Wildman–Crippen LogP) is 1.05. The third-order valence-corrected chi connectivity index (χ3v) is 3.14. The van der Waals surface area contributed by atoms with Gasteiger partial charge in [0.1, 0.15) is 0 Å². The van der Waals surface area contributed by atoms with Crippen molar-refractivity contribution in [3.63, 3.8) is 0 Å².